The number of ether oxygens (including phenoxy) is 2. The summed E-state index contributed by atoms with van der Waals surface area (Å²) in [5.41, 5.74) is 0.0670. The van der Waals surface area contributed by atoms with E-state index in [1.807, 2.05) is 0 Å². The summed E-state index contributed by atoms with van der Waals surface area (Å²) >= 11 is 0. The number of phenolic OH excluding ortho intramolecular Hbond substituents is 2. The molecule has 0 saturated carbocycles. The maximum Gasteiger partial charge on any atom is 0.338 e. The lowest BCUT2D eigenvalue weighted by molar-refractivity contribution is -0.134. The zero-order valence-electron chi connectivity index (χ0n) is 14.1. The van der Waals surface area contributed by atoms with Crippen LogP contribution in [0.3, 0.4) is 0 Å². The minimum atomic E-state index is -0.694. The number of carbonyl (C=O) groups is 4. The zero-order chi connectivity index (χ0) is 19.8. The molecule has 0 saturated heterocycles. The van der Waals surface area contributed by atoms with Crippen molar-refractivity contribution in [1.82, 2.24) is 0 Å². The van der Waals surface area contributed by atoms with Crippen LogP contribution in [0.4, 0.5) is 0 Å². The van der Waals surface area contributed by atoms with Gasteiger partial charge >= 0.3 is 11.9 Å². The number of esters is 2. The number of aromatic hydroxyl groups is 2. The third-order valence-corrected chi connectivity index (χ3v) is 3.51. The molecule has 8 heteroatoms. The van der Waals surface area contributed by atoms with Crippen LogP contribution in [-0.2, 0) is 9.53 Å². The minimum absolute atomic E-state index is 0.00202. The van der Waals surface area contributed by atoms with Crippen molar-refractivity contribution in [3.8, 4) is 17.2 Å². The number of rotatable bonds is 8. The summed E-state index contributed by atoms with van der Waals surface area (Å²) in [5, 5.41) is 18.8. The molecule has 2 aromatic carbocycles. The van der Waals surface area contributed by atoms with Crippen molar-refractivity contribution in [3.05, 3.63) is 53.1 Å². The molecule has 8 nitrogen and oxygen atoms in total. The molecule has 0 amide bonds. The fraction of sp³-hybridized carbons (Fsp3) is 0.158. The van der Waals surface area contributed by atoms with Gasteiger partial charge in [0.2, 0.25) is 0 Å². The molecule has 2 N–H and O–H groups in total. The van der Waals surface area contributed by atoms with Crippen LogP contribution in [0.15, 0.2) is 36.4 Å². The highest BCUT2D eigenvalue weighted by molar-refractivity contribution is 5.92. The van der Waals surface area contributed by atoms with Gasteiger partial charge in [0.15, 0.2) is 12.6 Å². The van der Waals surface area contributed by atoms with Gasteiger partial charge in [0.05, 0.1) is 23.3 Å². The van der Waals surface area contributed by atoms with Crippen molar-refractivity contribution in [2.75, 3.05) is 6.61 Å². The molecular weight excluding hydrogens is 356 g/mol. The molecule has 0 atom stereocenters. The van der Waals surface area contributed by atoms with Crippen molar-refractivity contribution >= 4 is 24.5 Å². The summed E-state index contributed by atoms with van der Waals surface area (Å²) in [5.74, 6) is -1.63. The van der Waals surface area contributed by atoms with E-state index in [1.165, 1.54) is 36.4 Å². The van der Waals surface area contributed by atoms with Gasteiger partial charge in [0.1, 0.15) is 17.2 Å². The SMILES string of the molecule is O=Cc1cc(OC(=O)CCCOC(=O)c2ccc(O)c(C=O)c2)ccc1O. The van der Waals surface area contributed by atoms with Gasteiger partial charge in [-0.05, 0) is 42.8 Å². The van der Waals surface area contributed by atoms with Crippen molar-refractivity contribution in [2.24, 2.45) is 0 Å². The first-order valence-electron chi connectivity index (χ1n) is 7.88. The highest BCUT2D eigenvalue weighted by Crippen LogP contribution is 2.22. The lowest BCUT2D eigenvalue weighted by atomic mass is 10.1. The van der Waals surface area contributed by atoms with Gasteiger partial charge in [-0.1, -0.05) is 0 Å². The predicted molar refractivity (Wildman–Crippen MR) is 92.1 cm³/mol. The quantitative estimate of drug-likeness (QED) is 0.313. The van der Waals surface area contributed by atoms with Crippen LogP contribution in [0, 0.1) is 0 Å². The monoisotopic (exact) mass is 372 g/mol. The second-order valence-electron chi connectivity index (χ2n) is 5.44. The van der Waals surface area contributed by atoms with E-state index in [0.717, 1.165) is 0 Å². The van der Waals surface area contributed by atoms with Crippen LogP contribution in [-0.4, -0.2) is 41.3 Å². The average molecular weight is 372 g/mol. The van der Waals surface area contributed by atoms with E-state index in [0.29, 0.717) is 12.6 Å². The first kappa shape index (κ1) is 19.6. The smallest absolute Gasteiger partial charge is 0.338 e. The molecule has 0 spiro atoms. The first-order valence-corrected chi connectivity index (χ1v) is 7.88. The van der Waals surface area contributed by atoms with E-state index in [2.05, 4.69) is 0 Å². The summed E-state index contributed by atoms with van der Waals surface area (Å²) < 4.78 is 10.0. The molecule has 27 heavy (non-hydrogen) atoms. The highest BCUT2D eigenvalue weighted by atomic mass is 16.5. The molecule has 2 rings (SSSR count). The van der Waals surface area contributed by atoms with E-state index >= 15 is 0 Å². The number of carbonyl (C=O) groups excluding carboxylic acids is 4. The molecule has 0 aliphatic heterocycles. The molecule has 0 aromatic heterocycles. The minimum Gasteiger partial charge on any atom is -0.507 e. The Hall–Kier alpha value is -3.68. The number of hydrogen-bond donors (Lipinski definition) is 2. The third-order valence-electron chi connectivity index (χ3n) is 3.51. The van der Waals surface area contributed by atoms with Gasteiger partial charge in [-0.2, -0.15) is 0 Å². The standard InChI is InChI=1S/C19H16O8/c20-10-13-8-12(3-5-16(13)22)19(25)26-7-1-2-18(24)27-15-4-6-17(23)14(9-15)11-21/h3-6,8-11,22-23H,1-2,7H2. The Balaban J connectivity index is 1.79. The maximum absolute atomic E-state index is 11.9. The molecule has 0 aliphatic carbocycles. The van der Waals surface area contributed by atoms with Gasteiger partial charge in [-0.3, -0.25) is 14.4 Å². The Bertz CT molecular complexity index is 872. The van der Waals surface area contributed by atoms with Crippen molar-refractivity contribution < 1.29 is 38.9 Å². The molecule has 0 heterocycles. The summed E-state index contributed by atoms with van der Waals surface area (Å²) in [7, 11) is 0. The Labute approximate surface area is 154 Å². The zero-order valence-corrected chi connectivity index (χ0v) is 14.1. The summed E-state index contributed by atoms with van der Waals surface area (Å²) in [6.45, 7) is -0.0552. The first-order chi connectivity index (χ1) is 12.9. The number of benzene rings is 2. The molecule has 0 bridgehead atoms. The Kier molecular flexibility index (Phi) is 6.65. The molecule has 0 unspecified atom stereocenters. The Morgan fingerprint density at radius 1 is 0.926 bits per heavy atom. The van der Waals surface area contributed by atoms with Crippen LogP contribution in [0.25, 0.3) is 0 Å². The Morgan fingerprint density at radius 2 is 1.56 bits per heavy atom. The fourth-order valence-corrected chi connectivity index (χ4v) is 2.11. The number of phenols is 2. The topological polar surface area (TPSA) is 127 Å². The summed E-state index contributed by atoms with van der Waals surface area (Å²) in [4.78, 5) is 45.1. The largest absolute Gasteiger partial charge is 0.507 e. The lowest BCUT2D eigenvalue weighted by Gasteiger charge is -2.07. The van der Waals surface area contributed by atoms with E-state index in [9.17, 15) is 29.4 Å². The van der Waals surface area contributed by atoms with Crippen LogP contribution >= 0.6 is 0 Å². The predicted octanol–water partition coefficient (Wildman–Crippen LogP) is 2.27. The van der Waals surface area contributed by atoms with E-state index < -0.39 is 11.9 Å². The van der Waals surface area contributed by atoms with Crippen LogP contribution in [0.5, 0.6) is 17.2 Å². The molecular formula is C19H16O8. The molecule has 2 aromatic rings. The second kappa shape index (κ2) is 9.14. The van der Waals surface area contributed by atoms with E-state index in [4.69, 9.17) is 9.47 Å². The second-order valence-corrected chi connectivity index (χ2v) is 5.44. The number of aldehydes is 2. The molecule has 0 fully saturated rings. The van der Waals surface area contributed by atoms with Gasteiger partial charge in [0.25, 0.3) is 0 Å². The van der Waals surface area contributed by atoms with Gasteiger partial charge < -0.3 is 19.7 Å². The fourth-order valence-electron chi connectivity index (χ4n) is 2.11. The summed E-state index contributed by atoms with van der Waals surface area (Å²) in [6.07, 6.45) is 1.01. The highest BCUT2D eigenvalue weighted by Gasteiger charge is 2.12. The Morgan fingerprint density at radius 3 is 2.22 bits per heavy atom. The van der Waals surface area contributed by atoms with Gasteiger partial charge in [0, 0.05) is 6.42 Å². The number of hydrogen-bond acceptors (Lipinski definition) is 8. The van der Waals surface area contributed by atoms with Crippen LogP contribution in [0.1, 0.15) is 43.9 Å². The van der Waals surface area contributed by atoms with Crippen molar-refractivity contribution in [3.63, 3.8) is 0 Å². The van der Waals surface area contributed by atoms with Gasteiger partial charge in [-0.15, -0.1) is 0 Å². The molecule has 0 aliphatic rings. The molecule has 0 radical (unpaired) electrons. The van der Waals surface area contributed by atoms with Crippen LogP contribution in [0.2, 0.25) is 0 Å². The van der Waals surface area contributed by atoms with Crippen LogP contribution < -0.4 is 4.74 Å². The van der Waals surface area contributed by atoms with E-state index in [1.54, 1.807) is 0 Å². The lowest BCUT2D eigenvalue weighted by Crippen LogP contribution is -2.11. The summed E-state index contributed by atoms with van der Waals surface area (Å²) in [6, 6.07) is 7.54. The van der Waals surface area contributed by atoms with Crippen molar-refractivity contribution in [1.29, 1.82) is 0 Å². The van der Waals surface area contributed by atoms with Crippen molar-refractivity contribution in [2.45, 2.75) is 12.8 Å². The average Bonchev–Trinajstić information content (AvgIpc) is 2.66. The molecule has 140 valence electrons. The van der Waals surface area contributed by atoms with Gasteiger partial charge in [-0.25, -0.2) is 4.79 Å². The van der Waals surface area contributed by atoms with E-state index in [-0.39, 0.29) is 53.4 Å². The maximum atomic E-state index is 11.9. The third kappa shape index (κ3) is 5.40. The normalized spacial score (nSPS) is 10.1.